The van der Waals surface area contributed by atoms with E-state index in [9.17, 15) is 4.79 Å². The number of benzene rings is 2. The highest BCUT2D eigenvalue weighted by atomic mass is 35.5. The van der Waals surface area contributed by atoms with Gasteiger partial charge in [-0.2, -0.15) is 5.10 Å². The zero-order valence-corrected chi connectivity index (χ0v) is 13.3. The van der Waals surface area contributed by atoms with E-state index in [1.807, 2.05) is 56.3 Å². The van der Waals surface area contributed by atoms with Crippen molar-refractivity contribution in [3.63, 3.8) is 0 Å². The second kappa shape index (κ2) is 7.61. The topological polar surface area (TPSA) is 53.5 Å². The van der Waals surface area contributed by atoms with Gasteiger partial charge in [-0.1, -0.05) is 47.5 Å². The Morgan fingerprint density at radius 1 is 1.18 bits per heavy atom. The Bertz CT molecular complexity index is 681. The van der Waals surface area contributed by atoms with Gasteiger partial charge in [0.1, 0.15) is 0 Å². The zero-order valence-electron chi connectivity index (χ0n) is 12.6. The molecule has 0 heterocycles. The molecule has 0 aromatic heterocycles. The lowest BCUT2D eigenvalue weighted by Gasteiger charge is -2.09. The van der Waals surface area contributed by atoms with Gasteiger partial charge in [0.15, 0.2) is 0 Å². The number of nitrogens with one attached hydrogen (secondary N) is 2. The molecular weight excluding hydrogens is 298 g/mol. The van der Waals surface area contributed by atoms with Crippen LogP contribution in [0.25, 0.3) is 0 Å². The zero-order chi connectivity index (χ0) is 15.9. The predicted octanol–water partition coefficient (Wildman–Crippen LogP) is 3.52. The fourth-order valence-electron chi connectivity index (χ4n) is 1.85. The van der Waals surface area contributed by atoms with Crippen LogP contribution in [-0.4, -0.2) is 18.7 Å². The number of aryl methyl sites for hydroxylation is 1. The third kappa shape index (κ3) is 4.60. The van der Waals surface area contributed by atoms with Gasteiger partial charge in [0, 0.05) is 10.7 Å². The molecule has 0 radical (unpaired) electrons. The number of anilines is 1. The molecule has 114 valence electrons. The average Bonchev–Trinajstić information content (AvgIpc) is 2.51. The fraction of sp³-hybridized carbons (Fsp3) is 0.176. The lowest BCUT2D eigenvalue weighted by molar-refractivity contribution is -0.119. The smallest absolute Gasteiger partial charge is 0.259 e. The molecule has 0 fully saturated rings. The standard InChI is InChI=1S/C17H18ClN3O/c1-12-6-8-14(9-7-12)10-20-21-17(22)11-19-16-5-3-4-15(18)13(16)2/h3-10,19H,11H2,1-2H3,(H,21,22)/b20-10-. The van der Waals surface area contributed by atoms with E-state index in [0.717, 1.165) is 16.8 Å². The Morgan fingerprint density at radius 3 is 2.64 bits per heavy atom. The van der Waals surface area contributed by atoms with Crippen molar-refractivity contribution in [2.45, 2.75) is 13.8 Å². The van der Waals surface area contributed by atoms with E-state index in [0.29, 0.717) is 5.02 Å². The van der Waals surface area contributed by atoms with Gasteiger partial charge in [0.2, 0.25) is 0 Å². The predicted molar refractivity (Wildman–Crippen MR) is 91.6 cm³/mol. The van der Waals surface area contributed by atoms with Crippen LogP contribution in [0, 0.1) is 13.8 Å². The molecule has 2 aromatic rings. The van der Waals surface area contributed by atoms with Gasteiger partial charge in [0.05, 0.1) is 12.8 Å². The van der Waals surface area contributed by atoms with Gasteiger partial charge in [0.25, 0.3) is 5.91 Å². The summed E-state index contributed by atoms with van der Waals surface area (Å²) in [4.78, 5) is 11.7. The molecule has 0 unspecified atom stereocenters. The number of carbonyl (C=O) groups excluding carboxylic acids is 1. The SMILES string of the molecule is Cc1ccc(/C=N\NC(=O)CNc2cccc(Cl)c2C)cc1. The molecule has 22 heavy (non-hydrogen) atoms. The van der Waals surface area contributed by atoms with Crippen molar-refractivity contribution in [2.75, 3.05) is 11.9 Å². The fourth-order valence-corrected chi connectivity index (χ4v) is 2.02. The van der Waals surface area contributed by atoms with Crippen molar-refractivity contribution in [1.82, 2.24) is 5.43 Å². The number of rotatable bonds is 5. The molecule has 0 saturated carbocycles. The molecule has 0 aliphatic carbocycles. The molecule has 4 nitrogen and oxygen atoms in total. The Hall–Kier alpha value is -2.33. The molecule has 0 atom stereocenters. The van der Waals surface area contributed by atoms with Gasteiger partial charge in [-0.3, -0.25) is 4.79 Å². The Kier molecular flexibility index (Phi) is 5.55. The average molecular weight is 316 g/mol. The van der Waals surface area contributed by atoms with Gasteiger partial charge in [-0.15, -0.1) is 0 Å². The van der Waals surface area contributed by atoms with Crippen LogP contribution in [-0.2, 0) is 4.79 Å². The maximum atomic E-state index is 11.7. The van der Waals surface area contributed by atoms with E-state index >= 15 is 0 Å². The number of hydrazone groups is 1. The van der Waals surface area contributed by atoms with Crippen molar-refractivity contribution in [3.05, 3.63) is 64.2 Å². The van der Waals surface area contributed by atoms with E-state index in [4.69, 9.17) is 11.6 Å². The minimum absolute atomic E-state index is 0.131. The minimum atomic E-state index is -0.220. The summed E-state index contributed by atoms with van der Waals surface area (Å²) in [7, 11) is 0. The normalized spacial score (nSPS) is 10.7. The van der Waals surface area contributed by atoms with Crippen LogP contribution in [0.15, 0.2) is 47.6 Å². The molecule has 0 aliphatic rings. The van der Waals surface area contributed by atoms with Gasteiger partial charge in [-0.05, 0) is 37.1 Å². The quantitative estimate of drug-likeness (QED) is 0.655. The largest absolute Gasteiger partial charge is 0.376 e. The second-order valence-corrected chi connectivity index (χ2v) is 5.38. The molecule has 5 heteroatoms. The first-order chi connectivity index (χ1) is 10.6. The van der Waals surface area contributed by atoms with Crippen LogP contribution in [0.2, 0.25) is 5.02 Å². The van der Waals surface area contributed by atoms with E-state index in [2.05, 4.69) is 15.8 Å². The van der Waals surface area contributed by atoms with E-state index in [1.54, 1.807) is 6.21 Å². The van der Waals surface area contributed by atoms with E-state index < -0.39 is 0 Å². The van der Waals surface area contributed by atoms with E-state index in [-0.39, 0.29) is 12.5 Å². The molecule has 2 N–H and O–H groups in total. The molecule has 0 saturated heterocycles. The summed E-state index contributed by atoms with van der Waals surface area (Å²) in [6.07, 6.45) is 1.61. The molecule has 0 aliphatic heterocycles. The molecule has 0 spiro atoms. The number of halogens is 1. The van der Waals surface area contributed by atoms with Crippen LogP contribution in [0.3, 0.4) is 0 Å². The number of hydrogen-bond donors (Lipinski definition) is 2. The first-order valence-corrected chi connectivity index (χ1v) is 7.31. The third-order valence-electron chi connectivity index (χ3n) is 3.19. The van der Waals surface area contributed by atoms with Crippen molar-refractivity contribution in [3.8, 4) is 0 Å². The number of hydrogen-bond acceptors (Lipinski definition) is 3. The number of nitrogens with zero attached hydrogens (tertiary/aromatic N) is 1. The van der Waals surface area contributed by atoms with Crippen molar-refractivity contribution < 1.29 is 4.79 Å². The van der Waals surface area contributed by atoms with E-state index in [1.165, 1.54) is 5.56 Å². The highest BCUT2D eigenvalue weighted by molar-refractivity contribution is 6.31. The van der Waals surface area contributed by atoms with Crippen LogP contribution < -0.4 is 10.7 Å². The molecule has 2 aromatic carbocycles. The van der Waals surface area contributed by atoms with Crippen molar-refractivity contribution in [2.24, 2.45) is 5.10 Å². The van der Waals surface area contributed by atoms with Gasteiger partial charge in [-0.25, -0.2) is 5.43 Å². The first kappa shape index (κ1) is 16.0. The highest BCUT2D eigenvalue weighted by Crippen LogP contribution is 2.22. The summed E-state index contributed by atoms with van der Waals surface area (Å²) < 4.78 is 0. The maximum Gasteiger partial charge on any atom is 0.259 e. The van der Waals surface area contributed by atoms with Crippen LogP contribution >= 0.6 is 11.6 Å². The molecule has 1 amide bonds. The number of carbonyl (C=O) groups is 1. The second-order valence-electron chi connectivity index (χ2n) is 4.97. The van der Waals surface area contributed by atoms with Crippen molar-refractivity contribution >= 4 is 29.4 Å². The van der Waals surface area contributed by atoms with Crippen LogP contribution in [0.1, 0.15) is 16.7 Å². The monoisotopic (exact) mass is 315 g/mol. The van der Waals surface area contributed by atoms with Gasteiger partial charge >= 0.3 is 0 Å². The summed E-state index contributed by atoms with van der Waals surface area (Å²) in [6, 6.07) is 13.4. The summed E-state index contributed by atoms with van der Waals surface area (Å²) in [5, 5.41) is 7.64. The summed E-state index contributed by atoms with van der Waals surface area (Å²) in [6.45, 7) is 4.05. The van der Waals surface area contributed by atoms with Crippen LogP contribution in [0.4, 0.5) is 5.69 Å². The lowest BCUT2D eigenvalue weighted by atomic mass is 10.2. The van der Waals surface area contributed by atoms with Crippen molar-refractivity contribution in [1.29, 1.82) is 0 Å². The summed E-state index contributed by atoms with van der Waals surface area (Å²) in [5.41, 5.74) is 6.36. The molecular formula is C17H18ClN3O. The first-order valence-electron chi connectivity index (χ1n) is 6.94. The molecule has 2 rings (SSSR count). The Balaban J connectivity index is 1.83. The maximum absolute atomic E-state index is 11.7. The summed E-state index contributed by atoms with van der Waals surface area (Å²) in [5.74, 6) is -0.220. The molecule has 0 bridgehead atoms. The summed E-state index contributed by atoms with van der Waals surface area (Å²) >= 11 is 6.03. The van der Waals surface area contributed by atoms with Gasteiger partial charge < -0.3 is 5.32 Å². The number of amides is 1. The Labute approximate surface area is 135 Å². The van der Waals surface area contributed by atoms with Crippen LogP contribution in [0.5, 0.6) is 0 Å². The third-order valence-corrected chi connectivity index (χ3v) is 3.60. The lowest BCUT2D eigenvalue weighted by Crippen LogP contribution is -2.26. The Morgan fingerprint density at radius 2 is 1.91 bits per heavy atom. The minimum Gasteiger partial charge on any atom is -0.376 e. The highest BCUT2D eigenvalue weighted by Gasteiger charge is 2.04.